The van der Waals surface area contributed by atoms with E-state index in [1.54, 1.807) is 23.5 Å². The molecular formula is C29H34N4O3. The molecule has 1 atom stereocenters. The summed E-state index contributed by atoms with van der Waals surface area (Å²) >= 11 is 0. The SMILES string of the molecule is C=C(C)/C=C(\C=C/C)N(C(=O)COCc1cnccn1)C1C(=O)N(C2CCCCC2)c2ccccc21. The minimum absolute atomic E-state index is 0.0671. The molecule has 1 unspecified atom stereocenters. The molecule has 1 aromatic carbocycles. The lowest BCUT2D eigenvalue weighted by atomic mass is 9.94. The molecule has 0 bridgehead atoms. The number of rotatable bonds is 9. The van der Waals surface area contributed by atoms with Crippen molar-refractivity contribution >= 4 is 17.5 Å². The van der Waals surface area contributed by atoms with Crippen LogP contribution in [-0.4, -0.2) is 39.3 Å². The zero-order chi connectivity index (χ0) is 25.5. The number of carbonyl (C=O) groups is 2. The summed E-state index contributed by atoms with van der Waals surface area (Å²) < 4.78 is 5.73. The first kappa shape index (κ1) is 25.5. The minimum Gasteiger partial charge on any atom is -0.365 e. The lowest BCUT2D eigenvalue weighted by Gasteiger charge is -2.33. The molecule has 7 nitrogen and oxygen atoms in total. The van der Waals surface area contributed by atoms with Crippen molar-refractivity contribution in [1.82, 2.24) is 14.9 Å². The topological polar surface area (TPSA) is 75.6 Å². The van der Waals surface area contributed by atoms with Gasteiger partial charge in [0.05, 0.1) is 18.5 Å². The van der Waals surface area contributed by atoms with Gasteiger partial charge in [-0.05, 0) is 44.9 Å². The molecule has 2 heterocycles. The van der Waals surface area contributed by atoms with E-state index >= 15 is 0 Å². The van der Waals surface area contributed by atoms with Crippen LogP contribution in [0.4, 0.5) is 5.69 Å². The molecule has 0 N–H and O–H groups in total. The molecule has 4 rings (SSSR count). The number of allylic oxidation sites excluding steroid dienone is 4. The second kappa shape index (κ2) is 11.9. The maximum absolute atomic E-state index is 14.1. The number of nitrogens with zero attached hydrogens (tertiary/aromatic N) is 4. The van der Waals surface area contributed by atoms with Gasteiger partial charge in [-0.3, -0.25) is 24.5 Å². The van der Waals surface area contributed by atoms with Crippen molar-refractivity contribution in [2.24, 2.45) is 0 Å². The Morgan fingerprint density at radius 2 is 2.00 bits per heavy atom. The van der Waals surface area contributed by atoms with Gasteiger partial charge in [0.15, 0.2) is 0 Å². The van der Waals surface area contributed by atoms with Gasteiger partial charge in [0.25, 0.3) is 11.8 Å². The molecule has 2 amide bonds. The van der Waals surface area contributed by atoms with Gasteiger partial charge >= 0.3 is 0 Å². The highest BCUT2D eigenvalue weighted by atomic mass is 16.5. The molecule has 0 saturated heterocycles. The van der Waals surface area contributed by atoms with Crippen LogP contribution in [0.3, 0.4) is 0 Å². The molecular weight excluding hydrogens is 452 g/mol. The van der Waals surface area contributed by atoms with Gasteiger partial charge in [-0.25, -0.2) is 0 Å². The molecule has 1 aliphatic heterocycles. The Kier molecular flexibility index (Phi) is 8.44. The Balaban J connectivity index is 1.69. The number of aromatic nitrogens is 2. The monoisotopic (exact) mass is 486 g/mol. The summed E-state index contributed by atoms with van der Waals surface area (Å²) in [5.74, 6) is -0.370. The number of para-hydroxylation sites is 1. The van der Waals surface area contributed by atoms with Gasteiger partial charge in [0.1, 0.15) is 12.6 Å². The van der Waals surface area contributed by atoms with Crippen molar-refractivity contribution in [1.29, 1.82) is 0 Å². The van der Waals surface area contributed by atoms with Crippen LogP contribution >= 0.6 is 0 Å². The van der Waals surface area contributed by atoms with Gasteiger partial charge in [-0.15, -0.1) is 0 Å². The Labute approximate surface area is 213 Å². The second-order valence-corrected chi connectivity index (χ2v) is 9.33. The number of carbonyl (C=O) groups excluding carboxylic acids is 2. The van der Waals surface area contributed by atoms with Crippen LogP contribution in [-0.2, 0) is 20.9 Å². The normalized spacial score (nSPS) is 18.5. The number of amides is 2. The van der Waals surface area contributed by atoms with Crippen LogP contribution in [0.15, 0.2) is 78.9 Å². The van der Waals surface area contributed by atoms with E-state index in [9.17, 15) is 9.59 Å². The number of hydrogen-bond acceptors (Lipinski definition) is 5. The van der Waals surface area contributed by atoms with Crippen LogP contribution in [0.25, 0.3) is 0 Å². The van der Waals surface area contributed by atoms with Gasteiger partial charge in [-0.1, -0.05) is 55.7 Å². The van der Waals surface area contributed by atoms with Crippen molar-refractivity contribution in [2.45, 2.75) is 64.6 Å². The van der Waals surface area contributed by atoms with Crippen molar-refractivity contribution in [3.05, 3.63) is 90.2 Å². The lowest BCUT2D eigenvalue weighted by molar-refractivity contribution is -0.141. The highest BCUT2D eigenvalue weighted by Gasteiger charge is 2.45. The average molecular weight is 487 g/mol. The fraction of sp³-hybridized carbons (Fsp3) is 0.379. The quantitative estimate of drug-likeness (QED) is 0.451. The first-order valence-electron chi connectivity index (χ1n) is 12.6. The molecule has 7 heteroatoms. The summed E-state index contributed by atoms with van der Waals surface area (Å²) in [5, 5.41) is 0. The molecule has 1 fully saturated rings. The Bertz CT molecular complexity index is 1150. The summed E-state index contributed by atoms with van der Waals surface area (Å²) in [4.78, 5) is 39.6. The largest absolute Gasteiger partial charge is 0.365 e. The second-order valence-electron chi connectivity index (χ2n) is 9.33. The van der Waals surface area contributed by atoms with Crippen molar-refractivity contribution in [2.75, 3.05) is 11.5 Å². The summed E-state index contributed by atoms with van der Waals surface area (Å²) in [5.41, 5.74) is 3.76. The highest BCUT2D eigenvalue weighted by molar-refractivity contribution is 6.07. The van der Waals surface area contributed by atoms with E-state index in [2.05, 4.69) is 16.5 Å². The molecule has 0 radical (unpaired) electrons. The van der Waals surface area contributed by atoms with Gasteiger partial charge in [0.2, 0.25) is 0 Å². The number of anilines is 1. The standard InChI is InChI=1S/C29H34N4O3/c1-4-10-24(17-21(2)3)33(27(34)20-36-19-22-18-30-15-16-31-22)28-25-13-8-9-14-26(25)32(29(28)35)23-11-6-5-7-12-23/h4,8-10,13-18,23,28H,2,5-7,11-12,19-20H2,1,3H3/b10-4-,24-17+. The van der Waals surface area contributed by atoms with E-state index in [0.717, 1.165) is 42.5 Å². The third kappa shape index (κ3) is 5.62. The molecule has 1 saturated carbocycles. The zero-order valence-electron chi connectivity index (χ0n) is 21.1. The summed E-state index contributed by atoms with van der Waals surface area (Å²) in [7, 11) is 0. The van der Waals surface area contributed by atoms with Gasteiger partial charge in [0, 0.05) is 35.4 Å². The molecule has 0 spiro atoms. The number of hydrogen-bond donors (Lipinski definition) is 0. The Morgan fingerprint density at radius 1 is 1.22 bits per heavy atom. The maximum atomic E-state index is 14.1. The van der Waals surface area contributed by atoms with Crippen LogP contribution in [0.1, 0.15) is 63.3 Å². The average Bonchev–Trinajstić information content (AvgIpc) is 3.17. The Hall–Kier alpha value is -3.58. The fourth-order valence-corrected chi connectivity index (χ4v) is 5.06. The molecule has 1 aliphatic carbocycles. The predicted molar refractivity (Wildman–Crippen MR) is 140 cm³/mol. The van der Waals surface area contributed by atoms with Crippen LogP contribution in [0.2, 0.25) is 0 Å². The minimum atomic E-state index is -0.766. The van der Waals surface area contributed by atoms with Crippen LogP contribution in [0, 0.1) is 0 Å². The third-order valence-electron chi connectivity index (χ3n) is 6.53. The number of ether oxygens (including phenoxy) is 1. The lowest BCUT2D eigenvalue weighted by Crippen LogP contribution is -2.45. The van der Waals surface area contributed by atoms with E-state index in [-0.39, 0.29) is 31.1 Å². The zero-order valence-corrected chi connectivity index (χ0v) is 21.1. The van der Waals surface area contributed by atoms with E-state index in [1.807, 2.05) is 61.2 Å². The highest BCUT2D eigenvalue weighted by Crippen LogP contribution is 2.44. The van der Waals surface area contributed by atoms with Crippen LogP contribution < -0.4 is 4.90 Å². The molecule has 188 valence electrons. The van der Waals surface area contributed by atoms with E-state index in [0.29, 0.717) is 11.4 Å². The van der Waals surface area contributed by atoms with Crippen molar-refractivity contribution in [3.63, 3.8) is 0 Å². The number of fused-ring (bicyclic) bond motifs is 1. The summed E-state index contributed by atoms with van der Waals surface area (Å²) in [6.07, 6.45) is 15.7. The number of benzene rings is 1. The van der Waals surface area contributed by atoms with E-state index in [4.69, 9.17) is 4.74 Å². The first-order chi connectivity index (χ1) is 17.5. The molecule has 36 heavy (non-hydrogen) atoms. The third-order valence-corrected chi connectivity index (χ3v) is 6.53. The van der Waals surface area contributed by atoms with E-state index in [1.165, 1.54) is 6.42 Å². The first-order valence-corrected chi connectivity index (χ1v) is 12.6. The molecule has 2 aromatic rings. The van der Waals surface area contributed by atoms with Gasteiger partial charge < -0.3 is 9.64 Å². The molecule has 2 aliphatic rings. The van der Waals surface area contributed by atoms with Crippen molar-refractivity contribution < 1.29 is 14.3 Å². The van der Waals surface area contributed by atoms with E-state index < -0.39 is 6.04 Å². The summed E-state index contributed by atoms with van der Waals surface area (Å²) in [6, 6.07) is 7.21. The predicted octanol–water partition coefficient (Wildman–Crippen LogP) is 5.28. The molecule has 1 aromatic heterocycles. The smallest absolute Gasteiger partial charge is 0.255 e. The maximum Gasteiger partial charge on any atom is 0.255 e. The Morgan fingerprint density at radius 3 is 2.69 bits per heavy atom. The van der Waals surface area contributed by atoms with Gasteiger partial charge in [-0.2, -0.15) is 0 Å². The fourth-order valence-electron chi connectivity index (χ4n) is 5.06. The summed E-state index contributed by atoms with van der Waals surface area (Å²) in [6.45, 7) is 7.72. The van der Waals surface area contributed by atoms with Crippen LogP contribution in [0.5, 0.6) is 0 Å². The van der Waals surface area contributed by atoms with Crippen molar-refractivity contribution in [3.8, 4) is 0 Å².